The molecular weight excluding hydrogens is 318 g/mol. The molecule has 2 unspecified atom stereocenters. The van der Waals surface area contributed by atoms with Crippen molar-refractivity contribution in [3.8, 4) is 0 Å². The number of ether oxygens (including phenoxy) is 1. The highest BCUT2D eigenvalue weighted by Gasteiger charge is 2.48. The lowest BCUT2D eigenvalue weighted by molar-refractivity contribution is -0.139. The second-order valence-electron chi connectivity index (χ2n) is 7.71. The lowest BCUT2D eigenvalue weighted by Crippen LogP contribution is -2.44. The summed E-state index contributed by atoms with van der Waals surface area (Å²) in [5.41, 5.74) is 1.80. The van der Waals surface area contributed by atoms with Gasteiger partial charge in [-0.05, 0) is 44.7 Å². The summed E-state index contributed by atoms with van der Waals surface area (Å²) in [5, 5.41) is 0. The van der Waals surface area contributed by atoms with Gasteiger partial charge in [0, 0.05) is 17.8 Å². The number of ketones is 1. The van der Waals surface area contributed by atoms with Gasteiger partial charge in [-0.2, -0.15) is 0 Å². The van der Waals surface area contributed by atoms with E-state index in [1.165, 1.54) is 0 Å². The molecule has 0 saturated heterocycles. The molecule has 1 aliphatic heterocycles. The highest BCUT2D eigenvalue weighted by Crippen LogP contribution is 2.47. The van der Waals surface area contributed by atoms with E-state index >= 15 is 0 Å². The molecule has 1 fully saturated rings. The van der Waals surface area contributed by atoms with Crippen LogP contribution in [0.3, 0.4) is 0 Å². The topological polar surface area (TPSA) is 68.9 Å². The Labute approximate surface area is 148 Å². The van der Waals surface area contributed by atoms with Gasteiger partial charge < -0.3 is 9.15 Å². The third-order valence-electron chi connectivity index (χ3n) is 4.93. The first-order valence-corrected chi connectivity index (χ1v) is 8.78. The van der Waals surface area contributed by atoms with E-state index in [4.69, 9.17) is 9.15 Å². The minimum atomic E-state index is -0.455. The number of hydrogen-bond donors (Lipinski definition) is 0. The fourth-order valence-electron chi connectivity index (χ4n) is 4.00. The average molecular weight is 343 g/mol. The summed E-state index contributed by atoms with van der Waals surface area (Å²) in [5.74, 6) is 0.183. The Morgan fingerprint density at radius 1 is 1.28 bits per heavy atom. The van der Waals surface area contributed by atoms with Crippen LogP contribution in [0.25, 0.3) is 0 Å². The second kappa shape index (κ2) is 6.28. The predicted octanol–water partition coefficient (Wildman–Crippen LogP) is 3.97. The standard InChI is InChI=1S/C20H25NO4/c1-6-24-19(23)16-12(3)21-13-9-20(4,5)10-14(22)17(13)18(16)15-8-7-11(2)25-15/h7-8,17-18H,6,9-10H2,1-5H3. The maximum Gasteiger partial charge on any atom is 0.336 e. The molecule has 1 aromatic heterocycles. The number of furan rings is 1. The van der Waals surface area contributed by atoms with Gasteiger partial charge in [0.15, 0.2) is 0 Å². The van der Waals surface area contributed by atoms with Crippen LogP contribution in [0.15, 0.2) is 32.8 Å². The third-order valence-corrected chi connectivity index (χ3v) is 4.93. The number of Topliss-reactive ketones (excluding diaryl/α,β-unsaturated/α-hetero) is 1. The summed E-state index contributed by atoms with van der Waals surface area (Å²) in [6, 6.07) is 3.71. The van der Waals surface area contributed by atoms with E-state index in [0.717, 1.165) is 17.9 Å². The van der Waals surface area contributed by atoms with Crippen LogP contribution in [0.2, 0.25) is 0 Å². The normalized spacial score (nSPS) is 25.5. The molecule has 0 aromatic carbocycles. The summed E-state index contributed by atoms with van der Waals surface area (Å²) in [6.07, 6.45) is 1.22. The Bertz CT molecular complexity index is 781. The van der Waals surface area contributed by atoms with Crippen molar-refractivity contribution in [1.29, 1.82) is 0 Å². The van der Waals surface area contributed by atoms with Crippen molar-refractivity contribution in [2.24, 2.45) is 16.3 Å². The van der Waals surface area contributed by atoms with E-state index in [1.54, 1.807) is 6.92 Å². The Hall–Kier alpha value is -2.17. The zero-order valence-corrected chi connectivity index (χ0v) is 15.5. The molecule has 5 heteroatoms. The summed E-state index contributed by atoms with van der Waals surface area (Å²) in [6.45, 7) is 9.87. The minimum Gasteiger partial charge on any atom is -0.466 e. The highest BCUT2D eigenvalue weighted by molar-refractivity contribution is 6.12. The number of allylic oxidation sites excluding steroid dienone is 1. The number of nitrogens with zero attached hydrogens (tertiary/aromatic N) is 1. The minimum absolute atomic E-state index is 0.113. The van der Waals surface area contributed by atoms with Crippen molar-refractivity contribution in [2.75, 3.05) is 6.61 Å². The van der Waals surface area contributed by atoms with Crippen LogP contribution in [0.1, 0.15) is 58.0 Å². The van der Waals surface area contributed by atoms with E-state index in [1.807, 2.05) is 26.0 Å². The Morgan fingerprint density at radius 3 is 2.60 bits per heavy atom. The fourth-order valence-corrected chi connectivity index (χ4v) is 4.00. The van der Waals surface area contributed by atoms with Crippen LogP contribution in [0, 0.1) is 18.3 Å². The smallest absolute Gasteiger partial charge is 0.336 e. The van der Waals surface area contributed by atoms with Crippen LogP contribution in [0.5, 0.6) is 0 Å². The van der Waals surface area contributed by atoms with Gasteiger partial charge in [0.2, 0.25) is 0 Å². The number of rotatable bonds is 3. The van der Waals surface area contributed by atoms with Gasteiger partial charge in [0.05, 0.1) is 24.0 Å². The van der Waals surface area contributed by atoms with Gasteiger partial charge in [0.1, 0.15) is 17.3 Å². The number of esters is 1. The number of carbonyl (C=O) groups excluding carboxylic acids is 2. The van der Waals surface area contributed by atoms with Crippen molar-refractivity contribution in [2.45, 2.75) is 53.4 Å². The Morgan fingerprint density at radius 2 is 2.00 bits per heavy atom. The van der Waals surface area contributed by atoms with Gasteiger partial charge in [-0.1, -0.05) is 13.8 Å². The lowest BCUT2D eigenvalue weighted by atomic mass is 9.64. The van der Waals surface area contributed by atoms with Crippen molar-refractivity contribution < 1.29 is 18.7 Å². The maximum atomic E-state index is 13.0. The monoisotopic (exact) mass is 343 g/mol. The van der Waals surface area contributed by atoms with E-state index < -0.39 is 17.8 Å². The van der Waals surface area contributed by atoms with E-state index in [-0.39, 0.29) is 17.8 Å². The molecule has 3 rings (SSSR count). The van der Waals surface area contributed by atoms with Crippen LogP contribution >= 0.6 is 0 Å². The number of aliphatic imine (C=N–C) groups is 1. The molecule has 134 valence electrons. The van der Waals surface area contributed by atoms with E-state index in [2.05, 4.69) is 18.8 Å². The molecule has 2 aliphatic rings. The van der Waals surface area contributed by atoms with Crippen LogP contribution in [0.4, 0.5) is 0 Å². The number of aryl methyl sites for hydroxylation is 1. The van der Waals surface area contributed by atoms with Crippen molar-refractivity contribution in [1.82, 2.24) is 0 Å². The number of carbonyl (C=O) groups is 2. The molecule has 0 spiro atoms. The summed E-state index contributed by atoms with van der Waals surface area (Å²) in [4.78, 5) is 30.2. The lowest BCUT2D eigenvalue weighted by Gasteiger charge is -2.40. The molecule has 2 atom stereocenters. The van der Waals surface area contributed by atoms with E-state index in [0.29, 0.717) is 23.5 Å². The first-order chi connectivity index (χ1) is 11.7. The summed E-state index contributed by atoms with van der Waals surface area (Å²) >= 11 is 0. The SMILES string of the molecule is CCOC(=O)C1=C(C)N=C2CC(C)(C)CC(=O)C2C1c1ccc(C)o1. The molecule has 25 heavy (non-hydrogen) atoms. The number of fused-ring (bicyclic) bond motifs is 1. The molecule has 0 N–H and O–H groups in total. The van der Waals surface area contributed by atoms with Gasteiger partial charge in [-0.3, -0.25) is 9.79 Å². The molecule has 0 bridgehead atoms. The molecule has 5 nitrogen and oxygen atoms in total. The summed E-state index contributed by atoms with van der Waals surface area (Å²) in [7, 11) is 0. The first kappa shape index (κ1) is 17.6. The largest absolute Gasteiger partial charge is 0.466 e. The Kier molecular flexibility index (Phi) is 4.43. The fraction of sp³-hybridized carbons (Fsp3) is 0.550. The van der Waals surface area contributed by atoms with Crippen molar-refractivity contribution in [3.63, 3.8) is 0 Å². The van der Waals surface area contributed by atoms with Crippen molar-refractivity contribution >= 4 is 17.5 Å². The predicted molar refractivity (Wildman–Crippen MR) is 94.5 cm³/mol. The van der Waals surface area contributed by atoms with Crippen LogP contribution in [-0.4, -0.2) is 24.1 Å². The maximum absolute atomic E-state index is 13.0. The molecule has 1 aromatic rings. The molecule has 2 heterocycles. The third kappa shape index (κ3) is 3.20. The second-order valence-corrected chi connectivity index (χ2v) is 7.71. The molecule has 0 radical (unpaired) electrons. The van der Waals surface area contributed by atoms with Gasteiger partial charge in [0.25, 0.3) is 0 Å². The molecule has 1 aliphatic carbocycles. The quantitative estimate of drug-likeness (QED) is 0.779. The molecular formula is C20H25NO4. The van der Waals surface area contributed by atoms with Gasteiger partial charge >= 0.3 is 5.97 Å². The molecule has 1 saturated carbocycles. The first-order valence-electron chi connectivity index (χ1n) is 8.78. The van der Waals surface area contributed by atoms with Crippen molar-refractivity contribution in [3.05, 3.63) is 34.9 Å². The summed E-state index contributed by atoms with van der Waals surface area (Å²) < 4.78 is 11.1. The van der Waals surface area contributed by atoms with Crippen LogP contribution < -0.4 is 0 Å². The Balaban J connectivity index is 2.15. The van der Waals surface area contributed by atoms with Gasteiger partial charge in [-0.25, -0.2) is 4.79 Å². The molecule has 0 amide bonds. The zero-order chi connectivity index (χ0) is 18.4. The average Bonchev–Trinajstić information content (AvgIpc) is 2.90. The zero-order valence-electron chi connectivity index (χ0n) is 15.5. The van der Waals surface area contributed by atoms with Crippen LogP contribution in [-0.2, 0) is 14.3 Å². The highest BCUT2D eigenvalue weighted by atomic mass is 16.5. The number of hydrogen-bond acceptors (Lipinski definition) is 5. The van der Waals surface area contributed by atoms with Gasteiger partial charge in [-0.15, -0.1) is 0 Å². The van der Waals surface area contributed by atoms with E-state index in [9.17, 15) is 9.59 Å².